The van der Waals surface area contributed by atoms with Crippen LogP contribution in [0, 0.1) is 17.2 Å². The van der Waals surface area contributed by atoms with E-state index in [1.165, 1.54) is 38.0 Å². The lowest BCUT2D eigenvalue weighted by molar-refractivity contribution is 0.147. The summed E-state index contributed by atoms with van der Waals surface area (Å²) in [5.74, 6) is 1.50. The van der Waals surface area contributed by atoms with Gasteiger partial charge in [0.2, 0.25) is 0 Å². The van der Waals surface area contributed by atoms with E-state index in [2.05, 4.69) is 36.6 Å². The van der Waals surface area contributed by atoms with E-state index in [-0.39, 0.29) is 5.92 Å². The van der Waals surface area contributed by atoms with Crippen molar-refractivity contribution in [2.24, 2.45) is 5.92 Å². The summed E-state index contributed by atoms with van der Waals surface area (Å²) in [5, 5.41) is 9.37. The molecule has 1 heterocycles. The molecule has 2 rings (SSSR count). The quantitative estimate of drug-likeness (QED) is 0.670. The third-order valence-electron chi connectivity index (χ3n) is 4.07. The second kappa shape index (κ2) is 5.63. The van der Waals surface area contributed by atoms with E-state index >= 15 is 0 Å². The molecule has 2 aliphatic rings. The Hall–Kier alpha value is -0.200. The van der Waals surface area contributed by atoms with Gasteiger partial charge in [-0.15, -0.1) is 0 Å². The van der Waals surface area contributed by atoms with Crippen molar-refractivity contribution < 1.29 is 0 Å². The SMILES string of the molecule is CC1(C)CN(C2CCCCCC2C#N)CCS1. The van der Waals surface area contributed by atoms with E-state index in [0.29, 0.717) is 10.8 Å². The van der Waals surface area contributed by atoms with Gasteiger partial charge in [-0.1, -0.05) is 19.3 Å². The Labute approximate surface area is 110 Å². The maximum atomic E-state index is 9.37. The minimum absolute atomic E-state index is 0.274. The van der Waals surface area contributed by atoms with Crippen LogP contribution in [0.25, 0.3) is 0 Å². The van der Waals surface area contributed by atoms with E-state index in [9.17, 15) is 5.26 Å². The van der Waals surface area contributed by atoms with E-state index < -0.39 is 0 Å². The lowest BCUT2D eigenvalue weighted by Crippen LogP contribution is -2.50. The third kappa shape index (κ3) is 3.39. The number of hydrogen-bond acceptors (Lipinski definition) is 3. The molecule has 2 nitrogen and oxygen atoms in total. The van der Waals surface area contributed by atoms with Crippen LogP contribution in [0.1, 0.15) is 46.0 Å². The molecule has 0 spiro atoms. The molecule has 1 saturated heterocycles. The molecule has 2 fully saturated rings. The van der Waals surface area contributed by atoms with Gasteiger partial charge in [0.05, 0.1) is 12.0 Å². The van der Waals surface area contributed by atoms with Gasteiger partial charge in [0.15, 0.2) is 0 Å². The van der Waals surface area contributed by atoms with Crippen molar-refractivity contribution in [2.45, 2.75) is 56.7 Å². The van der Waals surface area contributed by atoms with Crippen LogP contribution < -0.4 is 0 Å². The second-order valence-electron chi connectivity index (χ2n) is 6.02. The van der Waals surface area contributed by atoms with Gasteiger partial charge in [-0.3, -0.25) is 4.90 Å². The van der Waals surface area contributed by atoms with Crippen LogP contribution in [0.5, 0.6) is 0 Å². The molecule has 0 N–H and O–H groups in total. The van der Waals surface area contributed by atoms with Crippen molar-refractivity contribution >= 4 is 11.8 Å². The fraction of sp³-hybridized carbons (Fsp3) is 0.929. The third-order valence-corrected chi connectivity index (χ3v) is 5.37. The number of nitriles is 1. The van der Waals surface area contributed by atoms with Crippen molar-refractivity contribution in [2.75, 3.05) is 18.8 Å². The largest absolute Gasteiger partial charge is 0.297 e. The average Bonchev–Trinajstić information content (AvgIpc) is 2.52. The first-order valence-corrected chi connectivity index (χ1v) is 7.88. The lowest BCUT2D eigenvalue weighted by atomic mass is 9.94. The lowest BCUT2D eigenvalue weighted by Gasteiger charge is -2.43. The van der Waals surface area contributed by atoms with Gasteiger partial charge in [-0.2, -0.15) is 17.0 Å². The molecule has 17 heavy (non-hydrogen) atoms. The summed E-state index contributed by atoms with van der Waals surface area (Å²) in [6, 6.07) is 3.10. The van der Waals surface area contributed by atoms with Gasteiger partial charge in [0.1, 0.15) is 0 Å². The van der Waals surface area contributed by atoms with Crippen LogP contribution >= 0.6 is 11.8 Å². The first-order chi connectivity index (χ1) is 8.12. The predicted octanol–water partition coefficient (Wildman–Crippen LogP) is 3.29. The Morgan fingerprint density at radius 1 is 1.24 bits per heavy atom. The number of nitrogens with zero attached hydrogens (tertiary/aromatic N) is 2. The molecule has 1 aliphatic carbocycles. The van der Waals surface area contributed by atoms with E-state index in [0.717, 1.165) is 13.0 Å². The van der Waals surface area contributed by atoms with Gasteiger partial charge in [0.25, 0.3) is 0 Å². The zero-order valence-electron chi connectivity index (χ0n) is 11.1. The summed E-state index contributed by atoms with van der Waals surface area (Å²) < 4.78 is 0.366. The van der Waals surface area contributed by atoms with Crippen molar-refractivity contribution in [3.63, 3.8) is 0 Å². The van der Waals surface area contributed by atoms with Crippen LogP contribution in [0.15, 0.2) is 0 Å². The highest BCUT2D eigenvalue weighted by molar-refractivity contribution is 8.00. The Morgan fingerprint density at radius 2 is 2.00 bits per heavy atom. The highest BCUT2D eigenvalue weighted by atomic mass is 32.2. The molecule has 0 aromatic heterocycles. The van der Waals surface area contributed by atoms with Crippen LogP contribution in [0.3, 0.4) is 0 Å². The smallest absolute Gasteiger partial charge is 0.0672 e. The molecular weight excluding hydrogens is 228 g/mol. The van der Waals surface area contributed by atoms with Crippen molar-refractivity contribution in [1.29, 1.82) is 5.26 Å². The molecule has 1 aliphatic heterocycles. The summed E-state index contributed by atoms with van der Waals surface area (Å²) in [4.78, 5) is 2.61. The molecule has 0 amide bonds. The molecule has 2 atom stereocenters. The summed E-state index contributed by atoms with van der Waals surface area (Å²) in [7, 11) is 0. The molecule has 96 valence electrons. The van der Waals surface area contributed by atoms with Crippen LogP contribution in [0.2, 0.25) is 0 Å². The van der Waals surface area contributed by atoms with Gasteiger partial charge >= 0.3 is 0 Å². The Bertz CT molecular complexity index is 295. The molecule has 0 aromatic rings. The summed E-state index contributed by atoms with van der Waals surface area (Å²) in [5.41, 5.74) is 0. The molecular formula is C14H24N2S. The summed E-state index contributed by atoms with van der Waals surface area (Å²) in [6.45, 7) is 7.00. The van der Waals surface area contributed by atoms with Gasteiger partial charge in [-0.25, -0.2) is 0 Å². The zero-order chi connectivity index (χ0) is 12.3. The molecule has 0 bridgehead atoms. The highest BCUT2D eigenvalue weighted by Gasteiger charge is 2.35. The molecule has 0 aromatic carbocycles. The normalized spacial score (nSPS) is 34.9. The van der Waals surface area contributed by atoms with Crippen molar-refractivity contribution in [3.05, 3.63) is 0 Å². The van der Waals surface area contributed by atoms with Crippen molar-refractivity contribution in [1.82, 2.24) is 4.90 Å². The Morgan fingerprint density at radius 3 is 2.71 bits per heavy atom. The number of thioether (sulfide) groups is 1. The average molecular weight is 252 g/mol. The van der Waals surface area contributed by atoms with Gasteiger partial charge < -0.3 is 0 Å². The van der Waals surface area contributed by atoms with E-state index in [1.54, 1.807) is 0 Å². The van der Waals surface area contributed by atoms with E-state index in [1.807, 2.05) is 0 Å². The number of hydrogen-bond donors (Lipinski definition) is 0. The minimum Gasteiger partial charge on any atom is -0.297 e. The molecule has 2 unspecified atom stereocenters. The summed E-state index contributed by atoms with van der Waals surface area (Å²) >= 11 is 2.08. The summed E-state index contributed by atoms with van der Waals surface area (Å²) in [6.07, 6.45) is 6.23. The standard InChI is InChI=1S/C14H24N2S/c1-14(2)11-16(8-9-17-14)13-7-5-3-4-6-12(13)10-15/h12-13H,3-9,11H2,1-2H3. The fourth-order valence-corrected chi connectivity index (χ4v) is 4.35. The van der Waals surface area contributed by atoms with Gasteiger partial charge in [-0.05, 0) is 26.7 Å². The van der Waals surface area contributed by atoms with Crippen LogP contribution in [0.4, 0.5) is 0 Å². The molecule has 0 radical (unpaired) electrons. The Balaban J connectivity index is 2.05. The van der Waals surface area contributed by atoms with Crippen molar-refractivity contribution in [3.8, 4) is 6.07 Å². The fourth-order valence-electron chi connectivity index (χ4n) is 3.21. The van der Waals surface area contributed by atoms with E-state index in [4.69, 9.17) is 0 Å². The number of rotatable bonds is 1. The first-order valence-electron chi connectivity index (χ1n) is 6.90. The maximum Gasteiger partial charge on any atom is 0.0672 e. The van der Waals surface area contributed by atoms with Crippen LogP contribution in [-0.4, -0.2) is 34.5 Å². The monoisotopic (exact) mass is 252 g/mol. The van der Waals surface area contributed by atoms with Gasteiger partial charge in [0, 0.05) is 29.6 Å². The maximum absolute atomic E-state index is 9.37. The second-order valence-corrected chi connectivity index (χ2v) is 7.82. The van der Waals surface area contributed by atoms with Crippen LogP contribution in [-0.2, 0) is 0 Å². The first kappa shape index (κ1) is 13.2. The minimum atomic E-state index is 0.274. The Kier molecular flexibility index (Phi) is 4.38. The topological polar surface area (TPSA) is 27.0 Å². The predicted molar refractivity (Wildman–Crippen MR) is 74.1 cm³/mol. The molecule has 1 saturated carbocycles. The highest BCUT2D eigenvalue weighted by Crippen LogP contribution is 2.34. The molecule has 3 heteroatoms. The zero-order valence-corrected chi connectivity index (χ0v) is 11.9.